The highest BCUT2D eigenvalue weighted by atomic mass is 32.2. The number of nitrogens with one attached hydrogen (secondary N) is 1. The lowest BCUT2D eigenvalue weighted by Gasteiger charge is -2.24. The fraction of sp³-hybridized carbons (Fsp3) is 0.909. The van der Waals surface area contributed by atoms with Gasteiger partial charge in [-0.05, 0) is 32.9 Å². The average Bonchev–Trinajstić information content (AvgIpc) is 2.84. The first-order valence-corrected chi connectivity index (χ1v) is 6.82. The van der Waals surface area contributed by atoms with Gasteiger partial charge in [0.1, 0.15) is 0 Å². The van der Waals surface area contributed by atoms with Crippen LogP contribution in [0.5, 0.6) is 0 Å². The maximum Gasteiger partial charge on any atom is 0.156 e. The lowest BCUT2D eigenvalue weighted by molar-refractivity contribution is 0.259. The molecule has 2 heterocycles. The van der Waals surface area contributed by atoms with E-state index in [1.54, 1.807) is 0 Å². The molecule has 2 atom stereocenters. The van der Waals surface area contributed by atoms with Gasteiger partial charge in [0.2, 0.25) is 0 Å². The number of hydrogen-bond acceptors (Lipinski definition) is 4. The molecule has 86 valence electrons. The van der Waals surface area contributed by atoms with E-state index < -0.39 is 0 Å². The van der Waals surface area contributed by atoms with E-state index >= 15 is 0 Å². The van der Waals surface area contributed by atoms with E-state index in [0.29, 0.717) is 11.3 Å². The summed E-state index contributed by atoms with van der Waals surface area (Å²) in [5.41, 5.74) is 0. The molecular formula is C11H21N3S. The van der Waals surface area contributed by atoms with Crippen molar-refractivity contribution in [3.8, 4) is 0 Å². The van der Waals surface area contributed by atoms with E-state index in [1.807, 2.05) is 11.8 Å². The van der Waals surface area contributed by atoms with Crippen molar-refractivity contribution in [3.63, 3.8) is 0 Å². The zero-order valence-electron chi connectivity index (χ0n) is 9.70. The molecule has 0 saturated carbocycles. The minimum atomic E-state index is 0.645. The summed E-state index contributed by atoms with van der Waals surface area (Å²) >= 11 is 1.87. The predicted octanol–water partition coefficient (Wildman–Crippen LogP) is 1.55. The van der Waals surface area contributed by atoms with Crippen LogP contribution in [0.25, 0.3) is 0 Å². The lowest BCUT2D eigenvalue weighted by Crippen LogP contribution is -2.39. The third-order valence-electron chi connectivity index (χ3n) is 3.12. The van der Waals surface area contributed by atoms with Crippen LogP contribution in [0.1, 0.15) is 26.7 Å². The highest BCUT2D eigenvalue weighted by Gasteiger charge is 2.19. The average molecular weight is 227 g/mol. The van der Waals surface area contributed by atoms with Crippen molar-refractivity contribution >= 4 is 16.9 Å². The van der Waals surface area contributed by atoms with Gasteiger partial charge in [-0.3, -0.25) is 9.89 Å². The van der Waals surface area contributed by atoms with Crippen LogP contribution in [0.2, 0.25) is 0 Å². The first-order valence-electron chi connectivity index (χ1n) is 5.95. The van der Waals surface area contributed by atoms with Gasteiger partial charge in [-0.25, -0.2) is 0 Å². The number of hydrogen-bond donors (Lipinski definition) is 1. The van der Waals surface area contributed by atoms with Crippen LogP contribution in [0.4, 0.5) is 0 Å². The van der Waals surface area contributed by atoms with Crippen molar-refractivity contribution in [1.82, 2.24) is 10.2 Å². The zero-order chi connectivity index (χ0) is 10.7. The Hall–Kier alpha value is -0.220. The number of amidine groups is 1. The SMILES string of the molecule is CC1CN=C(NCC(C)N2CCCC2)S1. The molecule has 1 N–H and O–H groups in total. The Morgan fingerprint density at radius 3 is 2.87 bits per heavy atom. The fourth-order valence-corrected chi connectivity index (χ4v) is 2.97. The van der Waals surface area contributed by atoms with Gasteiger partial charge >= 0.3 is 0 Å². The van der Waals surface area contributed by atoms with Crippen LogP contribution < -0.4 is 5.32 Å². The molecule has 0 aromatic rings. The maximum absolute atomic E-state index is 4.47. The summed E-state index contributed by atoms with van der Waals surface area (Å²) in [6, 6.07) is 0.645. The second-order valence-electron chi connectivity index (χ2n) is 4.55. The summed E-state index contributed by atoms with van der Waals surface area (Å²) in [7, 11) is 0. The molecule has 0 spiro atoms. The first-order chi connectivity index (χ1) is 7.25. The van der Waals surface area contributed by atoms with Gasteiger partial charge in [0.05, 0.1) is 6.54 Å². The van der Waals surface area contributed by atoms with Gasteiger partial charge in [0.15, 0.2) is 5.17 Å². The predicted molar refractivity (Wildman–Crippen MR) is 67.6 cm³/mol. The normalized spacial score (nSPS) is 29.2. The minimum absolute atomic E-state index is 0.645. The van der Waals surface area contributed by atoms with Gasteiger partial charge in [0, 0.05) is 17.8 Å². The number of aliphatic imine (C=N–C) groups is 1. The van der Waals surface area contributed by atoms with Crippen LogP contribution in [0, 0.1) is 0 Å². The second kappa shape index (κ2) is 5.21. The molecule has 2 rings (SSSR count). The monoisotopic (exact) mass is 227 g/mol. The van der Waals surface area contributed by atoms with Crippen molar-refractivity contribution in [2.24, 2.45) is 4.99 Å². The van der Waals surface area contributed by atoms with Crippen LogP contribution in [0.15, 0.2) is 4.99 Å². The molecule has 2 aliphatic heterocycles. The van der Waals surface area contributed by atoms with E-state index in [2.05, 4.69) is 29.1 Å². The van der Waals surface area contributed by atoms with Gasteiger partial charge < -0.3 is 5.32 Å². The minimum Gasteiger partial charge on any atom is -0.363 e. The van der Waals surface area contributed by atoms with Crippen molar-refractivity contribution in [2.45, 2.75) is 38.0 Å². The number of rotatable bonds is 3. The van der Waals surface area contributed by atoms with E-state index in [0.717, 1.165) is 18.3 Å². The van der Waals surface area contributed by atoms with Gasteiger partial charge in [-0.1, -0.05) is 18.7 Å². The van der Waals surface area contributed by atoms with Crippen molar-refractivity contribution < 1.29 is 0 Å². The largest absolute Gasteiger partial charge is 0.363 e. The Bertz CT molecular complexity index is 236. The Labute approximate surface area is 96.7 Å². The molecule has 15 heavy (non-hydrogen) atoms. The molecule has 0 aromatic heterocycles. The number of nitrogens with zero attached hydrogens (tertiary/aromatic N) is 2. The smallest absolute Gasteiger partial charge is 0.156 e. The summed E-state index contributed by atoms with van der Waals surface area (Å²) in [4.78, 5) is 7.03. The molecule has 0 radical (unpaired) electrons. The summed E-state index contributed by atoms with van der Waals surface area (Å²) < 4.78 is 0. The van der Waals surface area contributed by atoms with E-state index in [-0.39, 0.29) is 0 Å². The molecule has 3 nitrogen and oxygen atoms in total. The highest BCUT2D eigenvalue weighted by Crippen LogP contribution is 2.18. The standard InChI is InChI=1S/C11H21N3S/c1-9(14-5-3-4-6-14)7-12-11-13-8-10(2)15-11/h9-10H,3-8H2,1-2H3,(H,12,13). The third kappa shape index (κ3) is 3.11. The van der Waals surface area contributed by atoms with Crippen LogP contribution in [-0.4, -0.2) is 47.5 Å². The van der Waals surface area contributed by atoms with Crippen molar-refractivity contribution in [2.75, 3.05) is 26.2 Å². The quantitative estimate of drug-likeness (QED) is 0.793. The maximum atomic E-state index is 4.47. The number of likely N-dealkylation sites (tertiary alicyclic amines) is 1. The van der Waals surface area contributed by atoms with Crippen LogP contribution >= 0.6 is 11.8 Å². The summed E-state index contributed by atoms with van der Waals surface area (Å²) in [6.45, 7) is 9.11. The molecule has 1 saturated heterocycles. The van der Waals surface area contributed by atoms with Gasteiger partial charge in [-0.15, -0.1) is 0 Å². The molecule has 0 amide bonds. The first kappa shape index (κ1) is 11.3. The Morgan fingerprint density at radius 1 is 1.53 bits per heavy atom. The van der Waals surface area contributed by atoms with E-state index in [9.17, 15) is 0 Å². The molecule has 0 aliphatic carbocycles. The molecule has 2 aliphatic rings. The summed E-state index contributed by atoms with van der Waals surface area (Å²) in [5, 5.41) is 5.27. The molecule has 4 heteroatoms. The molecule has 1 fully saturated rings. The third-order valence-corrected chi connectivity index (χ3v) is 4.17. The van der Waals surface area contributed by atoms with Crippen molar-refractivity contribution in [1.29, 1.82) is 0 Å². The molecule has 0 aromatic carbocycles. The summed E-state index contributed by atoms with van der Waals surface area (Å²) in [6.07, 6.45) is 2.74. The van der Waals surface area contributed by atoms with E-state index in [4.69, 9.17) is 0 Å². The Balaban J connectivity index is 1.68. The van der Waals surface area contributed by atoms with Crippen LogP contribution in [-0.2, 0) is 0 Å². The molecule has 2 unspecified atom stereocenters. The Kier molecular flexibility index (Phi) is 3.92. The molecular weight excluding hydrogens is 206 g/mol. The topological polar surface area (TPSA) is 27.6 Å². The lowest BCUT2D eigenvalue weighted by atomic mass is 10.3. The number of thioether (sulfide) groups is 1. The molecule has 0 bridgehead atoms. The fourth-order valence-electron chi connectivity index (χ4n) is 2.12. The van der Waals surface area contributed by atoms with Gasteiger partial charge in [-0.2, -0.15) is 0 Å². The Morgan fingerprint density at radius 2 is 2.27 bits per heavy atom. The van der Waals surface area contributed by atoms with Crippen LogP contribution in [0.3, 0.4) is 0 Å². The summed E-state index contributed by atoms with van der Waals surface area (Å²) in [5.74, 6) is 0. The van der Waals surface area contributed by atoms with Gasteiger partial charge in [0.25, 0.3) is 0 Å². The van der Waals surface area contributed by atoms with Crippen molar-refractivity contribution in [3.05, 3.63) is 0 Å². The highest BCUT2D eigenvalue weighted by molar-refractivity contribution is 8.14. The second-order valence-corrected chi connectivity index (χ2v) is 5.97. The zero-order valence-corrected chi connectivity index (χ0v) is 10.5. The van der Waals surface area contributed by atoms with E-state index in [1.165, 1.54) is 25.9 Å².